The van der Waals surface area contributed by atoms with Crippen LogP contribution in [0.2, 0.25) is 0 Å². The molecule has 3 rings (SSSR count). The number of thioether (sulfide) groups is 1. The molecule has 0 aliphatic carbocycles. The number of nitrogens with zero attached hydrogens (tertiary/aromatic N) is 1. The van der Waals surface area contributed by atoms with Crippen LogP contribution in [0.3, 0.4) is 0 Å². The Morgan fingerprint density at radius 3 is 2.36 bits per heavy atom. The van der Waals surface area contributed by atoms with Crippen molar-refractivity contribution in [1.29, 1.82) is 0 Å². The third kappa shape index (κ3) is 5.94. The van der Waals surface area contributed by atoms with E-state index in [2.05, 4.69) is 5.32 Å². The minimum atomic E-state index is -4.02. The maximum atomic E-state index is 13.5. The quantitative estimate of drug-likeness (QED) is 0.446. The number of sulfonamides is 1. The standard InChI is InChI=1S/C24H24N2O5S2/c1-17-10-12-20(13-11-17)33(30,31)26(21-8-3-4-9-22(21)32-2)16-23(27)25-15-18-6-5-7-19(14-18)24(28)29/h3-14H,15-16H2,1-2H3,(H,25,27)(H,28,29). The Morgan fingerprint density at radius 2 is 1.70 bits per heavy atom. The van der Waals surface area contributed by atoms with E-state index >= 15 is 0 Å². The number of rotatable bonds is 9. The van der Waals surface area contributed by atoms with Gasteiger partial charge in [0.05, 0.1) is 16.1 Å². The summed E-state index contributed by atoms with van der Waals surface area (Å²) in [6, 6.07) is 19.7. The highest BCUT2D eigenvalue weighted by atomic mass is 32.2. The minimum Gasteiger partial charge on any atom is -0.478 e. The van der Waals surface area contributed by atoms with E-state index in [9.17, 15) is 18.0 Å². The fourth-order valence-corrected chi connectivity index (χ4v) is 5.27. The topological polar surface area (TPSA) is 104 Å². The lowest BCUT2D eigenvalue weighted by atomic mass is 10.1. The number of carboxylic acids is 1. The Hall–Kier alpha value is -3.30. The van der Waals surface area contributed by atoms with Gasteiger partial charge in [0.2, 0.25) is 5.91 Å². The number of para-hydroxylation sites is 1. The van der Waals surface area contributed by atoms with Gasteiger partial charge in [0, 0.05) is 11.4 Å². The molecule has 0 atom stereocenters. The van der Waals surface area contributed by atoms with Crippen molar-refractivity contribution in [3.8, 4) is 0 Å². The summed E-state index contributed by atoms with van der Waals surface area (Å²) in [7, 11) is -4.02. The molecule has 7 nitrogen and oxygen atoms in total. The predicted molar refractivity (Wildman–Crippen MR) is 129 cm³/mol. The second-order valence-corrected chi connectivity index (χ2v) is 9.99. The molecule has 0 spiro atoms. The summed E-state index contributed by atoms with van der Waals surface area (Å²) in [5.74, 6) is -1.57. The van der Waals surface area contributed by atoms with E-state index in [1.54, 1.807) is 42.5 Å². The zero-order valence-electron chi connectivity index (χ0n) is 18.2. The van der Waals surface area contributed by atoms with Crippen molar-refractivity contribution in [2.24, 2.45) is 0 Å². The van der Waals surface area contributed by atoms with Crippen LogP contribution in [0.1, 0.15) is 21.5 Å². The molecule has 0 heterocycles. The summed E-state index contributed by atoms with van der Waals surface area (Å²) in [5.41, 5.74) is 2.04. The first-order valence-electron chi connectivity index (χ1n) is 10.0. The number of hydrogen-bond acceptors (Lipinski definition) is 5. The number of aryl methyl sites for hydroxylation is 1. The lowest BCUT2D eigenvalue weighted by Gasteiger charge is -2.26. The molecule has 0 unspecified atom stereocenters. The van der Waals surface area contributed by atoms with Gasteiger partial charge in [0.1, 0.15) is 6.54 Å². The van der Waals surface area contributed by atoms with E-state index < -0.39 is 28.4 Å². The monoisotopic (exact) mass is 484 g/mol. The highest BCUT2D eigenvalue weighted by molar-refractivity contribution is 7.99. The molecule has 3 aromatic rings. The van der Waals surface area contributed by atoms with Gasteiger partial charge in [0.15, 0.2) is 0 Å². The van der Waals surface area contributed by atoms with E-state index in [4.69, 9.17) is 5.11 Å². The molecule has 33 heavy (non-hydrogen) atoms. The Bertz CT molecular complexity index is 1260. The number of aromatic carboxylic acids is 1. The van der Waals surface area contributed by atoms with Crippen LogP contribution < -0.4 is 9.62 Å². The predicted octanol–water partition coefficient (Wildman–Crippen LogP) is 3.93. The van der Waals surface area contributed by atoms with Crippen LogP contribution in [0.4, 0.5) is 5.69 Å². The van der Waals surface area contributed by atoms with E-state index in [1.807, 2.05) is 19.2 Å². The van der Waals surface area contributed by atoms with Crippen LogP contribution in [-0.2, 0) is 21.4 Å². The number of nitrogens with one attached hydrogen (secondary N) is 1. The van der Waals surface area contributed by atoms with Crippen LogP contribution in [0.5, 0.6) is 0 Å². The van der Waals surface area contributed by atoms with Gasteiger partial charge in [-0.1, -0.05) is 42.0 Å². The Balaban J connectivity index is 1.88. The molecule has 1 amide bonds. The summed E-state index contributed by atoms with van der Waals surface area (Å²) >= 11 is 1.39. The van der Waals surface area contributed by atoms with E-state index in [1.165, 1.54) is 36.0 Å². The first kappa shape index (κ1) is 24.3. The number of amides is 1. The van der Waals surface area contributed by atoms with Gasteiger partial charge in [-0.15, -0.1) is 11.8 Å². The molecule has 0 aliphatic heterocycles. The molecule has 0 bridgehead atoms. The van der Waals surface area contributed by atoms with Gasteiger partial charge in [-0.2, -0.15) is 0 Å². The second-order valence-electron chi connectivity index (χ2n) is 7.28. The molecule has 0 fully saturated rings. The van der Waals surface area contributed by atoms with Gasteiger partial charge >= 0.3 is 5.97 Å². The Labute approximate surface area is 197 Å². The molecule has 3 aromatic carbocycles. The maximum Gasteiger partial charge on any atom is 0.335 e. The highest BCUT2D eigenvalue weighted by Crippen LogP contribution is 2.32. The molecular formula is C24H24N2O5S2. The fourth-order valence-electron chi connectivity index (χ4n) is 3.17. The van der Waals surface area contributed by atoms with Crippen molar-refractivity contribution >= 4 is 39.3 Å². The summed E-state index contributed by atoms with van der Waals surface area (Å²) in [4.78, 5) is 24.8. The van der Waals surface area contributed by atoms with E-state index in [0.717, 1.165) is 14.8 Å². The van der Waals surface area contributed by atoms with E-state index in [-0.39, 0.29) is 17.0 Å². The maximum absolute atomic E-state index is 13.5. The molecule has 0 aromatic heterocycles. The Kier molecular flexibility index (Phi) is 7.78. The third-order valence-electron chi connectivity index (χ3n) is 4.91. The average Bonchev–Trinajstić information content (AvgIpc) is 2.81. The van der Waals surface area contributed by atoms with Crippen LogP contribution in [0, 0.1) is 6.92 Å². The SMILES string of the molecule is CSc1ccccc1N(CC(=O)NCc1cccc(C(=O)O)c1)S(=O)(=O)c1ccc(C)cc1. The normalized spacial score (nSPS) is 11.1. The first-order valence-corrected chi connectivity index (χ1v) is 12.7. The fraction of sp³-hybridized carbons (Fsp3) is 0.167. The van der Waals surface area contributed by atoms with Gasteiger partial charge in [-0.3, -0.25) is 9.10 Å². The Morgan fingerprint density at radius 1 is 1.00 bits per heavy atom. The molecular weight excluding hydrogens is 460 g/mol. The summed E-state index contributed by atoms with van der Waals surface area (Å²) in [6.45, 7) is 1.51. The van der Waals surface area contributed by atoms with Crippen molar-refractivity contribution in [2.75, 3.05) is 17.1 Å². The van der Waals surface area contributed by atoms with Crippen LogP contribution >= 0.6 is 11.8 Å². The smallest absolute Gasteiger partial charge is 0.335 e. The van der Waals surface area contributed by atoms with Crippen molar-refractivity contribution in [3.63, 3.8) is 0 Å². The molecule has 0 saturated heterocycles. The van der Waals surface area contributed by atoms with Crippen LogP contribution in [-0.4, -0.2) is 38.2 Å². The number of carbonyl (C=O) groups is 2. The number of benzene rings is 3. The third-order valence-corrected chi connectivity index (χ3v) is 7.47. The number of carboxylic acid groups (broad SMARTS) is 1. The van der Waals surface area contributed by atoms with E-state index in [0.29, 0.717) is 11.3 Å². The van der Waals surface area contributed by atoms with Gasteiger partial charge in [-0.05, 0) is 55.1 Å². The second kappa shape index (κ2) is 10.5. The first-order chi connectivity index (χ1) is 15.7. The summed E-state index contributed by atoms with van der Waals surface area (Å²) in [6.07, 6.45) is 1.84. The van der Waals surface area contributed by atoms with Crippen molar-refractivity contribution in [3.05, 3.63) is 89.5 Å². The lowest BCUT2D eigenvalue weighted by Crippen LogP contribution is -2.41. The van der Waals surface area contributed by atoms with Crippen molar-refractivity contribution in [2.45, 2.75) is 23.3 Å². The zero-order chi connectivity index (χ0) is 24.0. The molecule has 0 saturated carbocycles. The van der Waals surface area contributed by atoms with Gasteiger partial charge in [0.25, 0.3) is 10.0 Å². The lowest BCUT2D eigenvalue weighted by molar-refractivity contribution is -0.119. The average molecular weight is 485 g/mol. The zero-order valence-corrected chi connectivity index (χ0v) is 19.8. The minimum absolute atomic E-state index is 0.0720. The molecule has 0 radical (unpaired) electrons. The molecule has 172 valence electrons. The van der Waals surface area contributed by atoms with Crippen LogP contribution in [0.15, 0.2) is 82.6 Å². The number of carbonyl (C=O) groups excluding carboxylic acids is 1. The number of hydrogen-bond donors (Lipinski definition) is 2. The molecule has 9 heteroatoms. The number of anilines is 1. The van der Waals surface area contributed by atoms with Crippen molar-refractivity contribution < 1.29 is 23.1 Å². The van der Waals surface area contributed by atoms with Gasteiger partial charge in [-0.25, -0.2) is 13.2 Å². The van der Waals surface area contributed by atoms with Crippen LogP contribution in [0.25, 0.3) is 0 Å². The summed E-state index contributed by atoms with van der Waals surface area (Å²) < 4.78 is 28.1. The largest absolute Gasteiger partial charge is 0.478 e. The molecule has 2 N–H and O–H groups in total. The van der Waals surface area contributed by atoms with Crippen molar-refractivity contribution in [1.82, 2.24) is 5.32 Å². The van der Waals surface area contributed by atoms with Gasteiger partial charge < -0.3 is 10.4 Å². The summed E-state index contributed by atoms with van der Waals surface area (Å²) in [5, 5.41) is 11.8. The highest BCUT2D eigenvalue weighted by Gasteiger charge is 2.28. The molecule has 0 aliphatic rings.